The van der Waals surface area contributed by atoms with Gasteiger partial charge in [0.2, 0.25) is 11.7 Å². The molecule has 1 fully saturated rings. The van der Waals surface area contributed by atoms with Crippen LogP contribution in [0.1, 0.15) is 49.5 Å². The molecule has 1 saturated carbocycles. The Morgan fingerprint density at radius 2 is 1.88 bits per heavy atom. The van der Waals surface area contributed by atoms with Crippen LogP contribution in [0.4, 0.5) is 4.39 Å². The largest absolute Gasteiger partial charge is 0.497 e. The van der Waals surface area contributed by atoms with Crippen LogP contribution in [-0.2, 0) is 22.7 Å². The van der Waals surface area contributed by atoms with Crippen molar-refractivity contribution < 1.29 is 23.1 Å². The average Bonchev–Trinajstić information content (AvgIpc) is 3.67. The lowest BCUT2D eigenvalue weighted by molar-refractivity contribution is -0.143. The third kappa shape index (κ3) is 6.36. The van der Waals surface area contributed by atoms with E-state index in [1.807, 2.05) is 12.1 Å². The summed E-state index contributed by atoms with van der Waals surface area (Å²) in [5.41, 5.74) is 0.964. The molecule has 0 bridgehead atoms. The van der Waals surface area contributed by atoms with Gasteiger partial charge < -0.3 is 19.4 Å². The van der Waals surface area contributed by atoms with Crippen LogP contribution in [0.25, 0.3) is 11.4 Å². The number of benzene rings is 2. The summed E-state index contributed by atoms with van der Waals surface area (Å²) in [6.07, 6.45) is 6.51. The van der Waals surface area contributed by atoms with Gasteiger partial charge >= 0.3 is 0 Å². The zero-order valence-corrected chi connectivity index (χ0v) is 22.2. The third-order valence-corrected chi connectivity index (χ3v) is 7.00. The van der Waals surface area contributed by atoms with E-state index < -0.39 is 17.8 Å². The van der Waals surface area contributed by atoms with Gasteiger partial charge in [-0.1, -0.05) is 43.5 Å². The molecule has 1 unspecified atom stereocenters. The summed E-state index contributed by atoms with van der Waals surface area (Å²) in [6.45, 7) is -0.202. The first kappa shape index (κ1) is 27.0. The van der Waals surface area contributed by atoms with Crippen LogP contribution in [-0.4, -0.2) is 50.1 Å². The second-order valence-electron chi connectivity index (χ2n) is 9.75. The highest BCUT2D eigenvalue weighted by molar-refractivity contribution is 5.88. The van der Waals surface area contributed by atoms with Crippen molar-refractivity contribution in [3.05, 3.63) is 84.1 Å². The minimum atomic E-state index is -1.03. The zero-order chi connectivity index (χ0) is 27.9. The Hall–Kier alpha value is -4.54. The van der Waals surface area contributed by atoms with Crippen LogP contribution in [0.2, 0.25) is 0 Å². The minimum absolute atomic E-state index is 0.0389. The van der Waals surface area contributed by atoms with Crippen molar-refractivity contribution in [2.75, 3.05) is 7.11 Å². The van der Waals surface area contributed by atoms with Gasteiger partial charge in [0, 0.05) is 12.6 Å². The summed E-state index contributed by atoms with van der Waals surface area (Å²) < 4.78 is 25.2. The first-order chi connectivity index (χ1) is 19.5. The molecule has 1 atom stereocenters. The number of ether oxygens (including phenoxy) is 1. The van der Waals surface area contributed by atoms with Crippen LogP contribution in [0.3, 0.4) is 0 Å². The molecule has 5 rings (SSSR count). The number of methoxy groups -OCH3 is 1. The van der Waals surface area contributed by atoms with Crippen molar-refractivity contribution in [3.8, 4) is 17.1 Å². The fraction of sp³-hybridized carbons (Fsp3) is 0.345. The van der Waals surface area contributed by atoms with E-state index in [1.54, 1.807) is 43.5 Å². The van der Waals surface area contributed by atoms with Gasteiger partial charge in [0.15, 0.2) is 6.04 Å². The average molecular weight is 547 g/mol. The summed E-state index contributed by atoms with van der Waals surface area (Å²) in [4.78, 5) is 30.2. The van der Waals surface area contributed by atoms with E-state index in [2.05, 4.69) is 20.7 Å². The Labute approximate surface area is 231 Å². The molecule has 2 aromatic heterocycles. The molecule has 1 aliphatic carbocycles. The molecule has 1 N–H and O–H groups in total. The number of halogens is 1. The molecule has 208 valence electrons. The molecule has 40 heavy (non-hydrogen) atoms. The van der Waals surface area contributed by atoms with E-state index in [1.165, 1.54) is 23.3 Å². The number of rotatable bonds is 10. The number of nitrogens with one attached hydrogen (secondary N) is 1. The summed E-state index contributed by atoms with van der Waals surface area (Å²) >= 11 is 0. The molecule has 4 aromatic rings. The second-order valence-corrected chi connectivity index (χ2v) is 9.75. The van der Waals surface area contributed by atoms with Crippen LogP contribution in [0.15, 0.2) is 71.3 Å². The molecule has 2 aromatic carbocycles. The molecule has 10 nitrogen and oxygen atoms in total. The molecular formula is C29H31FN6O4. The minimum Gasteiger partial charge on any atom is -0.497 e. The molecule has 11 heteroatoms. The van der Waals surface area contributed by atoms with Gasteiger partial charge in [0.25, 0.3) is 5.91 Å². The zero-order valence-electron chi connectivity index (χ0n) is 22.2. The van der Waals surface area contributed by atoms with Gasteiger partial charge in [0.1, 0.15) is 23.9 Å². The van der Waals surface area contributed by atoms with Crippen molar-refractivity contribution in [2.45, 2.75) is 57.3 Å². The van der Waals surface area contributed by atoms with E-state index in [4.69, 9.17) is 9.15 Å². The number of nitrogens with zero attached hydrogens (tertiary/aromatic N) is 5. The van der Waals surface area contributed by atoms with E-state index in [0.29, 0.717) is 11.5 Å². The maximum atomic E-state index is 14.3. The van der Waals surface area contributed by atoms with Gasteiger partial charge in [-0.15, -0.1) is 10.2 Å². The fourth-order valence-electron chi connectivity index (χ4n) is 4.92. The van der Waals surface area contributed by atoms with E-state index >= 15 is 0 Å². The third-order valence-electron chi connectivity index (χ3n) is 7.00. The predicted molar refractivity (Wildman–Crippen MR) is 143 cm³/mol. The van der Waals surface area contributed by atoms with Crippen molar-refractivity contribution in [3.63, 3.8) is 0 Å². The second kappa shape index (κ2) is 12.5. The lowest BCUT2D eigenvalue weighted by atomic mass is 9.95. The maximum Gasteiger partial charge on any atom is 0.250 e. The van der Waals surface area contributed by atoms with Crippen molar-refractivity contribution in [1.29, 1.82) is 0 Å². The summed E-state index contributed by atoms with van der Waals surface area (Å²) in [6, 6.07) is 15.7. The van der Waals surface area contributed by atoms with Gasteiger partial charge in [-0.3, -0.25) is 9.59 Å². The Bertz CT molecular complexity index is 1420. The number of hydrogen-bond acceptors (Lipinski definition) is 7. The summed E-state index contributed by atoms with van der Waals surface area (Å²) in [5, 5.41) is 15.3. The first-order valence-corrected chi connectivity index (χ1v) is 13.3. The van der Waals surface area contributed by atoms with Crippen molar-refractivity contribution >= 4 is 11.8 Å². The highest BCUT2D eigenvalue weighted by Crippen LogP contribution is 2.27. The Morgan fingerprint density at radius 3 is 2.58 bits per heavy atom. The smallest absolute Gasteiger partial charge is 0.250 e. The number of aromatic nitrogens is 4. The number of tetrazole rings is 1. The monoisotopic (exact) mass is 546 g/mol. The normalized spacial score (nSPS) is 14.4. The van der Waals surface area contributed by atoms with Crippen LogP contribution < -0.4 is 10.1 Å². The molecular weight excluding hydrogens is 515 g/mol. The van der Waals surface area contributed by atoms with E-state index in [9.17, 15) is 14.0 Å². The maximum absolute atomic E-state index is 14.3. The van der Waals surface area contributed by atoms with E-state index in [-0.39, 0.29) is 36.4 Å². The Balaban J connectivity index is 1.44. The number of amides is 2. The SMILES string of the molecule is COc1ccc(CN(C(=O)Cn2nnc(-c3ccccc3F)n2)C(C(=O)NC2CCCCC2)c2ccco2)cc1. The number of carbonyl (C=O) groups is 2. The molecule has 0 spiro atoms. The van der Waals surface area contributed by atoms with E-state index in [0.717, 1.165) is 42.5 Å². The van der Waals surface area contributed by atoms with Gasteiger partial charge in [-0.2, -0.15) is 4.80 Å². The van der Waals surface area contributed by atoms with Gasteiger partial charge in [-0.05, 0) is 60.0 Å². The Morgan fingerprint density at radius 1 is 1.10 bits per heavy atom. The molecule has 0 radical (unpaired) electrons. The Kier molecular flexibility index (Phi) is 8.48. The summed E-state index contributed by atoms with van der Waals surface area (Å²) in [7, 11) is 1.58. The van der Waals surface area contributed by atoms with Crippen LogP contribution in [0.5, 0.6) is 5.75 Å². The molecule has 2 heterocycles. The molecule has 0 aliphatic heterocycles. The number of hydrogen-bond donors (Lipinski definition) is 1. The topological polar surface area (TPSA) is 115 Å². The number of carbonyl (C=O) groups excluding carboxylic acids is 2. The standard InChI is InChI=1S/C29H31FN6O4/c1-39-22-15-13-20(14-16-22)18-35(26(37)19-36-33-28(32-34-36)23-10-5-6-11-24(23)30)27(25-12-7-17-40-25)29(38)31-21-8-3-2-4-9-21/h5-7,10-17,21,27H,2-4,8-9,18-19H2,1H3,(H,31,38). The van der Waals surface area contributed by atoms with Gasteiger partial charge in [0.05, 0.1) is 18.9 Å². The molecule has 0 saturated heterocycles. The predicted octanol–water partition coefficient (Wildman–Crippen LogP) is 4.30. The molecule has 2 amide bonds. The first-order valence-electron chi connectivity index (χ1n) is 13.3. The van der Waals surface area contributed by atoms with Crippen molar-refractivity contribution in [1.82, 2.24) is 30.4 Å². The lowest BCUT2D eigenvalue weighted by Crippen LogP contribution is -2.47. The fourth-order valence-corrected chi connectivity index (χ4v) is 4.92. The highest BCUT2D eigenvalue weighted by atomic mass is 19.1. The summed E-state index contributed by atoms with van der Waals surface area (Å²) in [5.74, 6) is -0.173. The van der Waals surface area contributed by atoms with Crippen molar-refractivity contribution in [2.24, 2.45) is 0 Å². The quantitative estimate of drug-likeness (QED) is 0.315. The number of furan rings is 1. The highest BCUT2D eigenvalue weighted by Gasteiger charge is 2.35. The van der Waals surface area contributed by atoms with Gasteiger partial charge in [-0.25, -0.2) is 4.39 Å². The van der Waals surface area contributed by atoms with Crippen LogP contribution in [0, 0.1) is 5.82 Å². The van der Waals surface area contributed by atoms with Crippen LogP contribution >= 0.6 is 0 Å². The lowest BCUT2D eigenvalue weighted by Gasteiger charge is -2.32. The molecule has 1 aliphatic rings.